The van der Waals surface area contributed by atoms with E-state index in [9.17, 15) is 0 Å². The van der Waals surface area contributed by atoms with Crippen molar-refractivity contribution in [2.45, 2.75) is 0 Å². The van der Waals surface area contributed by atoms with Crippen LogP contribution < -0.4 is 0 Å². The van der Waals surface area contributed by atoms with Gasteiger partial charge in [-0.15, -0.1) is 0 Å². The second kappa shape index (κ2) is 5.34. The van der Waals surface area contributed by atoms with Gasteiger partial charge in [0.15, 0.2) is 0 Å². The van der Waals surface area contributed by atoms with Crippen molar-refractivity contribution in [3.8, 4) is 11.1 Å². The molecule has 82 valence electrons. The fourth-order valence-corrected chi connectivity index (χ4v) is 3.60. The van der Waals surface area contributed by atoms with E-state index >= 15 is 0 Å². The predicted molar refractivity (Wildman–Crippen MR) is 82.7 cm³/mol. The lowest BCUT2D eigenvalue weighted by Crippen LogP contribution is -1.83. The van der Waals surface area contributed by atoms with Crippen LogP contribution in [-0.4, -0.2) is 0 Å². The second-order valence-electron chi connectivity index (χ2n) is 3.23. The van der Waals surface area contributed by atoms with Crippen LogP contribution in [0, 0.1) is 0 Å². The summed E-state index contributed by atoms with van der Waals surface area (Å²) in [5.41, 5.74) is 2.31. The van der Waals surface area contributed by atoms with E-state index in [2.05, 4.69) is 75.9 Å². The zero-order valence-electron chi connectivity index (χ0n) is 7.98. The molecule has 0 radical (unpaired) electrons. The van der Waals surface area contributed by atoms with Crippen molar-refractivity contribution in [3.63, 3.8) is 0 Å². The maximum atomic E-state index is 3.60. The first-order chi connectivity index (χ1) is 7.59. The molecule has 0 nitrogen and oxygen atoms in total. The number of benzene rings is 2. The van der Waals surface area contributed by atoms with Crippen molar-refractivity contribution in [3.05, 3.63) is 54.3 Å². The predicted octanol–water partition coefficient (Wildman–Crippen LogP) is 6.40. The standard InChI is InChI=1S/C12H6Br4/c13-7-5-9(12(16)11(15)6-7)8-3-1-2-4-10(8)14/h1-6H. The summed E-state index contributed by atoms with van der Waals surface area (Å²) < 4.78 is 4.23. The van der Waals surface area contributed by atoms with Gasteiger partial charge in [-0.3, -0.25) is 0 Å². The van der Waals surface area contributed by atoms with Crippen LogP contribution in [0.15, 0.2) is 54.3 Å². The molecule has 16 heavy (non-hydrogen) atoms. The Labute approximate surface area is 128 Å². The summed E-state index contributed by atoms with van der Waals surface area (Å²) in [4.78, 5) is 0. The highest BCUT2D eigenvalue weighted by molar-refractivity contribution is 9.13. The van der Waals surface area contributed by atoms with Gasteiger partial charge in [0.05, 0.1) is 0 Å². The van der Waals surface area contributed by atoms with Gasteiger partial charge in [0.25, 0.3) is 0 Å². The summed E-state index contributed by atoms with van der Waals surface area (Å²) in [7, 11) is 0. The first-order valence-corrected chi connectivity index (χ1v) is 7.66. The van der Waals surface area contributed by atoms with E-state index in [0.717, 1.165) is 29.0 Å². The molecule has 2 aromatic rings. The first kappa shape index (κ1) is 12.8. The summed E-state index contributed by atoms with van der Waals surface area (Å²) in [6.07, 6.45) is 0. The SMILES string of the molecule is Brc1cc(Br)c(Br)c(-c2ccccc2Br)c1. The fraction of sp³-hybridized carbons (Fsp3) is 0. The Bertz CT molecular complexity index is 535. The Morgan fingerprint density at radius 1 is 0.688 bits per heavy atom. The number of halogens is 4. The Morgan fingerprint density at radius 3 is 2.06 bits per heavy atom. The first-order valence-electron chi connectivity index (χ1n) is 4.49. The molecule has 0 aliphatic heterocycles. The van der Waals surface area contributed by atoms with E-state index in [4.69, 9.17) is 0 Å². The van der Waals surface area contributed by atoms with E-state index in [1.807, 2.05) is 24.3 Å². The molecule has 0 bridgehead atoms. The molecular formula is C12H6Br4. The van der Waals surface area contributed by atoms with Crippen molar-refractivity contribution >= 4 is 63.7 Å². The van der Waals surface area contributed by atoms with Crippen LogP contribution in [0.25, 0.3) is 11.1 Å². The summed E-state index contributed by atoms with van der Waals surface area (Å²) in [5.74, 6) is 0. The Balaban J connectivity index is 2.69. The third-order valence-electron chi connectivity index (χ3n) is 2.16. The number of rotatable bonds is 1. The molecule has 0 aliphatic carbocycles. The molecule has 0 saturated carbocycles. The molecule has 0 atom stereocenters. The van der Waals surface area contributed by atoms with Crippen LogP contribution in [0.2, 0.25) is 0 Å². The molecule has 0 aliphatic rings. The van der Waals surface area contributed by atoms with E-state index < -0.39 is 0 Å². The topological polar surface area (TPSA) is 0 Å². The van der Waals surface area contributed by atoms with Gasteiger partial charge < -0.3 is 0 Å². The van der Waals surface area contributed by atoms with Gasteiger partial charge in [-0.2, -0.15) is 0 Å². The number of hydrogen-bond donors (Lipinski definition) is 0. The minimum absolute atomic E-state index is 1.03. The van der Waals surface area contributed by atoms with E-state index in [0.29, 0.717) is 0 Å². The van der Waals surface area contributed by atoms with Gasteiger partial charge in [0.1, 0.15) is 0 Å². The Kier molecular flexibility index (Phi) is 4.27. The third-order valence-corrected chi connectivity index (χ3v) is 5.32. The second-order valence-corrected chi connectivity index (χ2v) is 6.65. The smallest absolute Gasteiger partial charge is 0.0397 e. The van der Waals surface area contributed by atoms with Gasteiger partial charge in [0, 0.05) is 17.9 Å². The molecule has 0 heterocycles. The molecule has 0 N–H and O–H groups in total. The van der Waals surface area contributed by atoms with Crippen molar-refractivity contribution < 1.29 is 0 Å². The van der Waals surface area contributed by atoms with Gasteiger partial charge in [-0.1, -0.05) is 50.1 Å². The minimum Gasteiger partial charge on any atom is -0.0616 e. The van der Waals surface area contributed by atoms with Crippen molar-refractivity contribution in [1.29, 1.82) is 0 Å². The summed E-state index contributed by atoms with van der Waals surface area (Å²) >= 11 is 14.2. The molecule has 2 aromatic carbocycles. The van der Waals surface area contributed by atoms with Gasteiger partial charge >= 0.3 is 0 Å². The fourth-order valence-electron chi connectivity index (χ4n) is 1.43. The Hall–Kier alpha value is 0.360. The third kappa shape index (κ3) is 2.61. The van der Waals surface area contributed by atoms with Crippen LogP contribution in [-0.2, 0) is 0 Å². The van der Waals surface area contributed by atoms with Crippen molar-refractivity contribution in [2.24, 2.45) is 0 Å². The zero-order chi connectivity index (χ0) is 11.7. The molecule has 0 aromatic heterocycles. The van der Waals surface area contributed by atoms with Crippen LogP contribution in [0.3, 0.4) is 0 Å². The van der Waals surface area contributed by atoms with E-state index in [1.54, 1.807) is 0 Å². The van der Waals surface area contributed by atoms with Crippen LogP contribution in [0.1, 0.15) is 0 Å². The van der Waals surface area contributed by atoms with Gasteiger partial charge in [-0.05, 0) is 61.2 Å². The summed E-state index contributed by atoms with van der Waals surface area (Å²) in [5, 5.41) is 0. The molecule has 0 fully saturated rings. The highest BCUT2D eigenvalue weighted by Gasteiger charge is 2.10. The van der Waals surface area contributed by atoms with Gasteiger partial charge in [0.2, 0.25) is 0 Å². The lowest BCUT2D eigenvalue weighted by atomic mass is 10.1. The molecule has 2 rings (SSSR count). The monoisotopic (exact) mass is 466 g/mol. The Morgan fingerprint density at radius 2 is 1.38 bits per heavy atom. The zero-order valence-corrected chi connectivity index (χ0v) is 14.3. The molecular weight excluding hydrogens is 464 g/mol. The molecule has 0 unspecified atom stereocenters. The van der Waals surface area contributed by atoms with Crippen LogP contribution in [0.5, 0.6) is 0 Å². The normalized spacial score (nSPS) is 10.5. The average Bonchev–Trinajstić information content (AvgIpc) is 2.24. The number of hydrogen-bond acceptors (Lipinski definition) is 0. The maximum absolute atomic E-state index is 3.60. The molecule has 0 saturated heterocycles. The van der Waals surface area contributed by atoms with Crippen molar-refractivity contribution in [2.75, 3.05) is 0 Å². The van der Waals surface area contributed by atoms with Crippen LogP contribution >= 0.6 is 63.7 Å². The quantitative estimate of drug-likeness (QED) is 0.424. The molecule has 0 amide bonds. The lowest BCUT2D eigenvalue weighted by molar-refractivity contribution is 1.50. The summed E-state index contributed by atoms with van der Waals surface area (Å²) in [6, 6.07) is 12.3. The highest BCUT2D eigenvalue weighted by Crippen LogP contribution is 2.39. The van der Waals surface area contributed by atoms with Crippen LogP contribution in [0.4, 0.5) is 0 Å². The highest BCUT2D eigenvalue weighted by atomic mass is 79.9. The van der Waals surface area contributed by atoms with E-state index in [1.165, 1.54) is 0 Å². The average molecular weight is 470 g/mol. The molecule has 4 heteroatoms. The van der Waals surface area contributed by atoms with E-state index in [-0.39, 0.29) is 0 Å². The molecule has 0 spiro atoms. The van der Waals surface area contributed by atoms with Gasteiger partial charge in [-0.25, -0.2) is 0 Å². The largest absolute Gasteiger partial charge is 0.0616 e. The van der Waals surface area contributed by atoms with Crippen molar-refractivity contribution in [1.82, 2.24) is 0 Å². The lowest BCUT2D eigenvalue weighted by Gasteiger charge is -2.09. The minimum atomic E-state index is 1.03. The summed E-state index contributed by atoms with van der Waals surface area (Å²) in [6.45, 7) is 0. The maximum Gasteiger partial charge on any atom is 0.0397 e.